The van der Waals surface area contributed by atoms with Gasteiger partial charge in [0.2, 0.25) is 15.9 Å². The van der Waals surface area contributed by atoms with E-state index in [1.807, 2.05) is 30.3 Å². The Bertz CT molecular complexity index is 874. The quantitative estimate of drug-likeness (QED) is 0.663. The van der Waals surface area contributed by atoms with Crippen molar-refractivity contribution >= 4 is 21.6 Å². The lowest BCUT2D eigenvalue weighted by atomic mass is 10.1. The Hall–Kier alpha value is -2.48. The van der Waals surface area contributed by atoms with Gasteiger partial charge in [-0.15, -0.1) is 0 Å². The molecule has 0 aromatic heterocycles. The van der Waals surface area contributed by atoms with Crippen LogP contribution in [0.15, 0.2) is 48.5 Å². The maximum absolute atomic E-state index is 13.4. The zero-order valence-corrected chi connectivity index (χ0v) is 15.8. The molecule has 0 atom stereocenters. The van der Waals surface area contributed by atoms with Crippen molar-refractivity contribution in [1.29, 1.82) is 0 Å². The minimum Gasteiger partial charge on any atom is -0.356 e. The van der Waals surface area contributed by atoms with Gasteiger partial charge in [-0.05, 0) is 30.5 Å². The van der Waals surface area contributed by atoms with Gasteiger partial charge in [0.25, 0.3) is 0 Å². The molecule has 8 heteroatoms. The van der Waals surface area contributed by atoms with E-state index in [9.17, 15) is 22.0 Å². The minimum absolute atomic E-state index is 0.0201. The number of halogens is 2. The fourth-order valence-corrected chi connectivity index (χ4v) is 3.50. The third-order valence-corrected chi connectivity index (χ3v) is 5.13. The number of anilines is 1. The first kappa shape index (κ1) is 20.8. The van der Waals surface area contributed by atoms with Crippen molar-refractivity contribution in [2.75, 3.05) is 23.7 Å². The van der Waals surface area contributed by atoms with E-state index in [1.54, 1.807) is 0 Å². The van der Waals surface area contributed by atoms with Crippen molar-refractivity contribution < 1.29 is 22.0 Å². The molecule has 2 aromatic rings. The molecule has 0 bridgehead atoms. The summed E-state index contributed by atoms with van der Waals surface area (Å²) in [6.45, 7) is 0.312. The van der Waals surface area contributed by atoms with Gasteiger partial charge in [0, 0.05) is 25.6 Å². The van der Waals surface area contributed by atoms with Crippen LogP contribution < -0.4 is 9.62 Å². The standard InChI is InChI=1S/C19H22F2N2O3S/c1-27(25,26)23(16-9-10-17(20)18(21)14-16)13-11-19(24)22-12-5-8-15-6-3-2-4-7-15/h2-4,6-7,9-10,14H,5,8,11-13H2,1H3,(H,22,24). The van der Waals surface area contributed by atoms with E-state index in [-0.39, 0.29) is 24.6 Å². The molecular formula is C19H22F2N2O3S. The molecule has 0 radical (unpaired) electrons. The molecule has 0 aliphatic heterocycles. The van der Waals surface area contributed by atoms with Crippen LogP contribution in [0.5, 0.6) is 0 Å². The summed E-state index contributed by atoms with van der Waals surface area (Å²) in [6, 6.07) is 12.7. The van der Waals surface area contributed by atoms with Crippen molar-refractivity contribution in [2.24, 2.45) is 0 Å². The molecule has 0 saturated heterocycles. The average Bonchev–Trinajstić information content (AvgIpc) is 2.61. The number of benzene rings is 2. The topological polar surface area (TPSA) is 66.5 Å². The molecule has 5 nitrogen and oxygen atoms in total. The van der Waals surface area contributed by atoms with Gasteiger partial charge >= 0.3 is 0 Å². The Labute approximate surface area is 158 Å². The Kier molecular flexibility index (Phi) is 7.29. The van der Waals surface area contributed by atoms with Crippen LogP contribution in [0, 0.1) is 11.6 Å². The lowest BCUT2D eigenvalue weighted by Gasteiger charge is -2.22. The number of sulfonamides is 1. The second-order valence-corrected chi connectivity index (χ2v) is 8.03. The molecule has 0 saturated carbocycles. The normalized spacial score (nSPS) is 11.2. The van der Waals surface area contributed by atoms with Crippen molar-refractivity contribution in [1.82, 2.24) is 5.32 Å². The number of carbonyl (C=O) groups excluding carboxylic acids is 1. The van der Waals surface area contributed by atoms with Crippen LogP contribution in [0.4, 0.5) is 14.5 Å². The number of nitrogens with one attached hydrogen (secondary N) is 1. The number of nitrogens with zero attached hydrogens (tertiary/aromatic N) is 1. The van der Waals surface area contributed by atoms with Gasteiger partial charge in [-0.3, -0.25) is 9.10 Å². The Balaban J connectivity index is 1.85. The van der Waals surface area contributed by atoms with Gasteiger partial charge < -0.3 is 5.32 Å². The minimum atomic E-state index is -3.74. The highest BCUT2D eigenvalue weighted by Gasteiger charge is 2.20. The van der Waals surface area contributed by atoms with Crippen LogP contribution in [0.2, 0.25) is 0 Å². The van der Waals surface area contributed by atoms with Crippen LogP contribution in [0.3, 0.4) is 0 Å². The van der Waals surface area contributed by atoms with Crippen LogP contribution >= 0.6 is 0 Å². The van der Waals surface area contributed by atoms with Crippen LogP contribution in [-0.2, 0) is 21.2 Å². The number of hydrogen-bond donors (Lipinski definition) is 1. The van der Waals surface area contributed by atoms with E-state index in [0.717, 1.165) is 41.6 Å². The molecule has 2 rings (SSSR count). The molecule has 1 N–H and O–H groups in total. The average molecular weight is 396 g/mol. The van der Waals surface area contributed by atoms with Gasteiger partial charge in [0.1, 0.15) is 0 Å². The molecule has 1 amide bonds. The van der Waals surface area contributed by atoms with E-state index in [4.69, 9.17) is 0 Å². The van der Waals surface area contributed by atoms with Crippen molar-refractivity contribution in [3.63, 3.8) is 0 Å². The monoisotopic (exact) mass is 396 g/mol. The summed E-state index contributed by atoms with van der Waals surface area (Å²) < 4.78 is 51.2. The van der Waals surface area contributed by atoms with Gasteiger partial charge in [0.05, 0.1) is 11.9 Å². The first-order valence-electron chi connectivity index (χ1n) is 8.51. The highest BCUT2D eigenvalue weighted by atomic mass is 32.2. The molecule has 0 spiro atoms. The van der Waals surface area contributed by atoms with E-state index >= 15 is 0 Å². The van der Waals surface area contributed by atoms with Gasteiger partial charge in [-0.1, -0.05) is 30.3 Å². The van der Waals surface area contributed by atoms with E-state index in [2.05, 4.69) is 5.32 Å². The molecule has 146 valence electrons. The molecule has 0 heterocycles. The first-order valence-corrected chi connectivity index (χ1v) is 10.4. The lowest BCUT2D eigenvalue weighted by Crippen LogP contribution is -2.35. The second-order valence-electron chi connectivity index (χ2n) is 6.12. The number of rotatable bonds is 9. The first-order chi connectivity index (χ1) is 12.8. The van der Waals surface area contributed by atoms with Crippen LogP contribution in [0.1, 0.15) is 18.4 Å². The SMILES string of the molecule is CS(=O)(=O)N(CCC(=O)NCCCc1ccccc1)c1ccc(F)c(F)c1. The Morgan fingerprint density at radius 1 is 1.07 bits per heavy atom. The summed E-state index contributed by atoms with van der Waals surface area (Å²) >= 11 is 0. The third-order valence-electron chi connectivity index (χ3n) is 3.94. The summed E-state index contributed by atoms with van der Waals surface area (Å²) in [5.41, 5.74) is 1.15. The smallest absolute Gasteiger partial charge is 0.232 e. The largest absolute Gasteiger partial charge is 0.356 e. The number of amides is 1. The summed E-state index contributed by atoms with van der Waals surface area (Å²) in [5, 5.41) is 2.74. The van der Waals surface area contributed by atoms with Gasteiger partial charge in [-0.2, -0.15) is 0 Å². The Morgan fingerprint density at radius 2 is 1.78 bits per heavy atom. The van der Waals surface area contributed by atoms with Crippen LogP contribution in [0.25, 0.3) is 0 Å². The lowest BCUT2D eigenvalue weighted by molar-refractivity contribution is -0.120. The maximum atomic E-state index is 13.4. The van der Waals surface area contributed by atoms with Crippen molar-refractivity contribution in [2.45, 2.75) is 19.3 Å². The van der Waals surface area contributed by atoms with Gasteiger partial charge in [-0.25, -0.2) is 17.2 Å². The number of carbonyl (C=O) groups is 1. The zero-order valence-electron chi connectivity index (χ0n) is 15.0. The maximum Gasteiger partial charge on any atom is 0.232 e. The second kappa shape index (κ2) is 9.45. The summed E-state index contributed by atoms with van der Waals surface area (Å²) in [6.07, 6.45) is 2.45. The van der Waals surface area contributed by atoms with E-state index in [0.29, 0.717) is 6.54 Å². The molecule has 0 fully saturated rings. The highest BCUT2D eigenvalue weighted by Crippen LogP contribution is 2.20. The fraction of sp³-hybridized carbons (Fsp3) is 0.316. The van der Waals surface area contributed by atoms with Crippen LogP contribution in [-0.4, -0.2) is 33.7 Å². The predicted molar refractivity (Wildman–Crippen MR) is 101 cm³/mol. The van der Waals surface area contributed by atoms with E-state index in [1.165, 1.54) is 5.56 Å². The summed E-state index contributed by atoms with van der Waals surface area (Å²) in [4.78, 5) is 12.0. The fourth-order valence-electron chi connectivity index (χ4n) is 2.58. The predicted octanol–water partition coefficient (Wildman–Crippen LogP) is 2.87. The molecule has 0 aliphatic carbocycles. The van der Waals surface area contributed by atoms with Gasteiger partial charge in [0.15, 0.2) is 11.6 Å². The van der Waals surface area contributed by atoms with Crippen molar-refractivity contribution in [3.05, 3.63) is 65.7 Å². The number of hydrogen-bond acceptors (Lipinski definition) is 3. The number of aryl methyl sites for hydroxylation is 1. The molecule has 2 aromatic carbocycles. The molecule has 27 heavy (non-hydrogen) atoms. The zero-order chi connectivity index (χ0) is 19.9. The Morgan fingerprint density at radius 3 is 2.41 bits per heavy atom. The summed E-state index contributed by atoms with van der Waals surface area (Å²) in [7, 11) is -3.74. The molecular weight excluding hydrogens is 374 g/mol. The highest BCUT2D eigenvalue weighted by molar-refractivity contribution is 7.92. The van der Waals surface area contributed by atoms with Crippen molar-refractivity contribution in [3.8, 4) is 0 Å². The summed E-state index contributed by atoms with van der Waals surface area (Å²) in [5.74, 6) is -2.52. The molecule has 0 unspecified atom stereocenters. The van der Waals surface area contributed by atoms with E-state index < -0.39 is 21.7 Å². The molecule has 0 aliphatic rings. The third kappa shape index (κ3) is 6.63.